The van der Waals surface area contributed by atoms with E-state index in [1.54, 1.807) is 25.1 Å². The highest BCUT2D eigenvalue weighted by atomic mass is 79.9. The summed E-state index contributed by atoms with van der Waals surface area (Å²) in [6.07, 6.45) is 1.26. The van der Waals surface area contributed by atoms with E-state index in [1.165, 1.54) is 0 Å². The molecule has 3 nitrogen and oxygen atoms in total. The maximum absolute atomic E-state index is 12.3. The molecule has 0 saturated heterocycles. The Kier molecular flexibility index (Phi) is 4.15. The van der Waals surface area contributed by atoms with E-state index in [2.05, 4.69) is 15.9 Å². The van der Waals surface area contributed by atoms with Crippen molar-refractivity contribution in [1.29, 1.82) is 0 Å². The second-order valence-corrected chi connectivity index (χ2v) is 8.17. The van der Waals surface area contributed by atoms with Gasteiger partial charge in [-0.15, -0.1) is 0 Å². The second kappa shape index (κ2) is 4.90. The first-order chi connectivity index (χ1) is 7.72. The zero-order chi connectivity index (χ0) is 13.3. The van der Waals surface area contributed by atoms with E-state index in [9.17, 15) is 13.2 Å². The summed E-state index contributed by atoms with van der Waals surface area (Å²) in [5.41, 5.74) is 1.34. The van der Waals surface area contributed by atoms with E-state index in [1.807, 2.05) is 13.0 Å². The van der Waals surface area contributed by atoms with Crippen LogP contribution in [0.2, 0.25) is 0 Å². The van der Waals surface area contributed by atoms with Crippen LogP contribution in [-0.2, 0) is 9.84 Å². The largest absolute Gasteiger partial charge is 0.291 e. The Balaban J connectivity index is 3.29. The fourth-order valence-corrected chi connectivity index (χ4v) is 2.80. The Morgan fingerprint density at radius 2 is 2.00 bits per heavy atom. The normalized spacial score (nSPS) is 15.3. The highest BCUT2D eigenvalue weighted by Crippen LogP contribution is 2.32. The summed E-state index contributed by atoms with van der Waals surface area (Å²) >= 11 is 3.09. The second-order valence-electron chi connectivity index (χ2n) is 4.05. The minimum atomic E-state index is -3.51. The van der Waals surface area contributed by atoms with Crippen LogP contribution in [0.1, 0.15) is 29.3 Å². The van der Waals surface area contributed by atoms with Crippen molar-refractivity contribution in [2.24, 2.45) is 0 Å². The number of carbonyl (C=O) groups is 1. The topological polar surface area (TPSA) is 51.2 Å². The fourth-order valence-electron chi connectivity index (χ4n) is 1.59. The molecule has 0 aliphatic heterocycles. The molecule has 94 valence electrons. The number of hydrogen-bond donors (Lipinski definition) is 0. The summed E-state index contributed by atoms with van der Waals surface area (Å²) in [7, 11) is -3.51. The third kappa shape index (κ3) is 2.77. The first-order valence-corrected chi connectivity index (χ1v) is 7.91. The van der Waals surface area contributed by atoms with Gasteiger partial charge in [0.15, 0.2) is 19.3 Å². The Hall–Kier alpha value is -0.680. The highest BCUT2D eigenvalue weighted by Gasteiger charge is 2.44. The van der Waals surface area contributed by atoms with Gasteiger partial charge in [-0.25, -0.2) is 8.42 Å². The van der Waals surface area contributed by atoms with Crippen molar-refractivity contribution < 1.29 is 13.2 Å². The minimum absolute atomic E-state index is 0.193. The van der Waals surface area contributed by atoms with E-state index in [0.717, 1.165) is 11.8 Å². The highest BCUT2D eigenvalue weighted by molar-refractivity contribution is 9.12. The molecule has 1 rings (SSSR count). The lowest BCUT2D eigenvalue weighted by atomic mass is 10.0. The quantitative estimate of drug-likeness (QED) is 0.633. The van der Waals surface area contributed by atoms with E-state index >= 15 is 0 Å². The van der Waals surface area contributed by atoms with Gasteiger partial charge in [0.2, 0.25) is 0 Å². The lowest BCUT2D eigenvalue weighted by Crippen LogP contribution is -2.39. The van der Waals surface area contributed by atoms with Crippen molar-refractivity contribution in [1.82, 2.24) is 0 Å². The van der Waals surface area contributed by atoms with Crippen molar-refractivity contribution in [3.63, 3.8) is 0 Å². The molecule has 0 spiro atoms. The van der Waals surface area contributed by atoms with Gasteiger partial charge in [0, 0.05) is 11.8 Å². The van der Waals surface area contributed by atoms with Crippen LogP contribution in [0.15, 0.2) is 24.3 Å². The zero-order valence-corrected chi connectivity index (χ0v) is 12.4. The van der Waals surface area contributed by atoms with E-state index in [-0.39, 0.29) is 6.42 Å². The van der Waals surface area contributed by atoms with Gasteiger partial charge in [0.1, 0.15) is 0 Å². The summed E-state index contributed by atoms with van der Waals surface area (Å²) < 4.78 is 21.9. The number of halogens is 1. The van der Waals surface area contributed by atoms with Crippen LogP contribution in [0, 0.1) is 6.92 Å². The van der Waals surface area contributed by atoms with Gasteiger partial charge in [-0.1, -0.05) is 46.6 Å². The predicted octanol–water partition coefficient (Wildman–Crippen LogP) is 2.72. The molecule has 1 unspecified atom stereocenters. The molecule has 0 fully saturated rings. The molecule has 0 radical (unpaired) electrons. The molecule has 0 heterocycles. The van der Waals surface area contributed by atoms with Gasteiger partial charge in [-0.05, 0) is 19.4 Å². The Labute approximate surface area is 110 Å². The molecule has 1 aromatic carbocycles. The van der Waals surface area contributed by atoms with Crippen LogP contribution in [0.4, 0.5) is 0 Å². The van der Waals surface area contributed by atoms with Crippen molar-refractivity contribution in [2.45, 2.75) is 23.9 Å². The lowest BCUT2D eigenvalue weighted by Gasteiger charge is -2.22. The van der Waals surface area contributed by atoms with Gasteiger partial charge in [-0.3, -0.25) is 4.79 Å². The van der Waals surface area contributed by atoms with Crippen molar-refractivity contribution in [3.8, 4) is 0 Å². The third-order valence-electron chi connectivity index (χ3n) is 2.66. The van der Waals surface area contributed by atoms with E-state index in [4.69, 9.17) is 0 Å². The maximum Gasteiger partial charge on any atom is 0.194 e. The molecule has 0 N–H and O–H groups in total. The van der Waals surface area contributed by atoms with Crippen LogP contribution in [0.5, 0.6) is 0 Å². The average molecular weight is 319 g/mol. The van der Waals surface area contributed by atoms with Gasteiger partial charge in [0.25, 0.3) is 0 Å². The molecule has 1 aromatic rings. The predicted molar refractivity (Wildman–Crippen MR) is 72.3 cm³/mol. The van der Waals surface area contributed by atoms with Gasteiger partial charge in [-0.2, -0.15) is 0 Å². The van der Waals surface area contributed by atoms with Gasteiger partial charge in [0.05, 0.1) is 0 Å². The number of hydrogen-bond acceptors (Lipinski definition) is 3. The standard InChI is InChI=1S/C12H15BrO3S/c1-4-12(13,17(3,15)16)11(14)10-7-5-6-9(2)8-10/h5-8H,4H2,1-3H3. The molecule has 0 aromatic heterocycles. The Morgan fingerprint density at radius 3 is 2.41 bits per heavy atom. The molecular weight excluding hydrogens is 304 g/mol. The number of rotatable bonds is 4. The zero-order valence-electron chi connectivity index (χ0n) is 10.0. The van der Waals surface area contributed by atoms with Crippen LogP contribution in [0.25, 0.3) is 0 Å². The smallest absolute Gasteiger partial charge is 0.194 e. The van der Waals surface area contributed by atoms with E-state index in [0.29, 0.717) is 5.56 Å². The van der Waals surface area contributed by atoms with Crippen molar-refractivity contribution in [3.05, 3.63) is 35.4 Å². The van der Waals surface area contributed by atoms with Crippen LogP contribution < -0.4 is 0 Å². The Morgan fingerprint density at radius 1 is 1.41 bits per heavy atom. The van der Waals surface area contributed by atoms with Crippen molar-refractivity contribution in [2.75, 3.05) is 6.26 Å². The summed E-state index contributed by atoms with van der Waals surface area (Å²) in [6.45, 7) is 3.53. The first kappa shape index (κ1) is 14.4. The number of carbonyl (C=O) groups excluding carboxylic acids is 1. The van der Waals surface area contributed by atoms with Gasteiger partial charge < -0.3 is 0 Å². The number of sulfone groups is 1. The average Bonchev–Trinajstić information content (AvgIpc) is 2.25. The molecular formula is C12H15BrO3S. The number of alkyl halides is 1. The number of aryl methyl sites for hydroxylation is 1. The molecule has 0 saturated carbocycles. The number of benzene rings is 1. The number of Topliss-reactive ketones (excluding diaryl/α,β-unsaturated/α-hetero) is 1. The monoisotopic (exact) mass is 318 g/mol. The molecule has 0 aliphatic rings. The molecule has 5 heteroatoms. The third-order valence-corrected chi connectivity index (χ3v) is 7.00. The minimum Gasteiger partial charge on any atom is -0.291 e. The molecule has 0 aliphatic carbocycles. The molecule has 0 bridgehead atoms. The number of ketones is 1. The summed E-state index contributed by atoms with van der Waals surface area (Å²) in [6, 6.07) is 6.93. The lowest BCUT2D eigenvalue weighted by molar-refractivity contribution is 0.0976. The molecule has 17 heavy (non-hydrogen) atoms. The molecule has 0 amide bonds. The fraction of sp³-hybridized carbons (Fsp3) is 0.417. The first-order valence-electron chi connectivity index (χ1n) is 5.22. The SMILES string of the molecule is CCC(Br)(C(=O)c1cccc(C)c1)S(C)(=O)=O. The summed E-state index contributed by atoms with van der Waals surface area (Å²) in [5.74, 6) is -0.411. The molecule has 1 atom stereocenters. The van der Waals surface area contributed by atoms with Crippen LogP contribution in [-0.4, -0.2) is 24.1 Å². The van der Waals surface area contributed by atoms with Crippen LogP contribution >= 0.6 is 15.9 Å². The van der Waals surface area contributed by atoms with Crippen molar-refractivity contribution >= 4 is 31.6 Å². The maximum atomic E-state index is 12.3. The summed E-state index contributed by atoms with van der Waals surface area (Å²) in [4.78, 5) is 12.3. The van der Waals surface area contributed by atoms with Gasteiger partial charge >= 0.3 is 0 Å². The Bertz CT molecular complexity index is 536. The van der Waals surface area contributed by atoms with Crippen LogP contribution in [0.3, 0.4) is 0 Å². The summed E-state index contributed by atoms with van der Waals surface area (Å²) in [5, 5.41) is 0. The van der Waals surface area contributed by atoms with E-state index < -0.39 is 19.3 Å².